The van der Waals surface area contributed by atoms with Crippen molar-refractivity contribution in [2.24, 2.45) is 5.73 Å². The van der Waals surface area contributed by atoms with Gasteiger partial charge in [-0.05, 0) is 31.7 Å². The lowest BCUT2D eigenvalue weighted by Gasteiger charge is -2.17. The van der Waals surface area contributed by atoms with E-state index in [-0.39, 0.29) is 11.8 Å². The second-order valence-corrected chi connectivity index (χ2v) is 6.86. The number of benzene rings is 1. The van der Waals surface area contributed by atoms with Crippen molar-refractivity contribution >= 4 is 11.8 Å². The van der Waals surface area contributed by atoms with Crippen molar-refractivity contribution in [3.05, 3.63) is 47.3 Å². The Morgan fingerprint density at radius 2 is 1.92 bits per heavy atom. The van der Waals surface area contributed by atoms with Gasteiger partial charge in [0.25, 0.3) is 5.91 Å². The molecule has 0 radical (unpaired) electrons. The molecule has 0 unspecified atom stereocenters. The van der Waals surface area contributed by atoms with Crippen molar-refractivity contribution < 1.29 is 9.59 Å². The van der Waals surface area contributed by atoms with Crippen LogP contribution in [-0.4, -0.2) is 34.4 Å². The first-order valence-corrected chi connectivity index (χ1v) is 9.39. The maximum atomic E-state index is 12.2. The summed E-state index contributed by atoms with van der Waals surface area (Å²) in [4.78, 5) is 25.9. The number of carbonyl (C=O) groups excluding carboxylic acids is 2. The van der Waals surface area contributed by atoms with Gasteiger partial charge in [0, 0.05) is 43.0 Å². The molecule has 1 aromatic carbocycles. The SMILES string of the molecule is CCc1c(-c2ccccc2)c(C(N)=O)c(C)n1CCCN1CCCC1=O. The molecule has 5 nitrogen and oxygen atoms in total. The van der Waals surface area contributed by atoms with Gasteiger partial charge in [-0.25, -0.2) is 0 Å². The van der Waals surface area contributed by atoms with E-state index in [9.17, 15) is 9.59 Å². The maximum Gasteiger partial charge on any atom is 0.251 e. The van der Waals surface area contributed by atoms with E-state index in [0.717, 1.165) is 61.4 Å². The Morgan fingerprint density at radius 1 is 1.19 bits per heavy atom. The molecule has 1 fully saturated rings. The molecule has 0 aliphatic carbocycles. The van der Waals surface area contributed by atoms with Crippen molar-refractivity contribution in [3.8, 4) is 11.1 Å². The minimum atomic E-state index is -0.385. The third-order valence-electron chi connectivity index (χ3n) is 5.26. The molecule has 0 spiro atoms. The number of rotatable bonds is 7. The van der Waals surface area contributed by atoms with Crippen LogP contribution in [0.1, 0.15) is 47.9 Å². The van der Waals surface area contributed by atoms with Crippen molar-refractivity contribution in [1.29, 1.82) is 0 Å². The molecule has 1 aliphatic rings. The van der Waals surface area contributed by atoms with E-state index in [0.29, 0.717) is 12.0 Å². The number of primary amides is 1. The van der Waals surface area contributed by atoms with Gasteiger partial charge in [0.05, 0.1) is 5.56 Å². The quantitative estimate of drug-likeness (QED) is 0.831. The van der Waals surface area contributed by atoms with E-state index in [2.05, 4.69) is 11.5 Å². The number of hydrogen-bond donors (Lipinski definition) is 1. The Balaban J connectivity index is 1.92. The molecule has 26 heavy (non-hydrogen) atoms. The fourth-order valence-electron chi connectivity index (χ4n) is 4.05. The summed E-state index contributed by atoms with van der Waals surface area (Å²) < 4.78 is 2.21. The highest BCUT2D eigenvalue weighted by atomic mass is 16.2. The van der Waals surface area contributed by atoms with Crippen LogP contribution in [0, 0.1) is 6.92 Å². The van der Waals surface area contributed by atoms with Gasteiger partial charge in [-0.15, -0.1) is 0 Å². The smallest absolute Gasteiger partial charge is 0.251 e. The van der Waals surface area contributed by atoms with Crippen LogP contribution in [-0.2, 0) is 17.8 Å². The van der Waals surface area contributed by atoms with Gasteiger partial charge >= 0.3 is 0 Å². The Hall–Kier alpha value is -2.56. The molecule has 138 valence electrons. The Bertz CT molecular complexity index is 808. The standard InChI is InChI=1S/C21H27N3O2/c1-3-17-20(16-9-5-4-6-10-16)19(21(22)26)15(2)24(17)14-8-13-23-12-7-11-18(23)25/h4-6,9-10H,3,7-8,11-14H2,1-2H3,(H2,22,26). The molecule has 0 atom stereocenters. The van der Waals surface area contributed by atoms with Crippen LogP contribution in [0.15, 0.2) is 30.3 Å². The second kappa shape index (κ2) is 7.77. The van der Waals surface area contributed by atoms with Crippen LogP contribution in [0.2, 0.25) is 0 Å². The molecule has 1 saturated heterocycles. The highest BCUT2D eigenvalue weighted by Crippen LogP contribution is 2.33. The first kappa shape index (κ1) is 18.2. The van der Waals surface area contributed by atoms with Gasteiger partial charge in [-0.2, -0.15) is 0 Å². The normalized spacial score (nSPS) is 14.2. The van der Waals surface area contributed by atoms with Gasteiger partial charge in [0.2, 0.25) is 5.91 Å². The molecule has 1 aromatic heterocycles. The predicted octanol–water partition coefficient (Wildman–Crippen LogP) is 3.14. The van der Waals surface area contributed by atoms with Crippen LogP contribution in [0.4, 0.5) is 0 Å². The lowest BCUT2D eigenvalue weighted by molar-refractivity contribution is -0.127. The molecule has 0 bridgehead atoms. The zero-order valence-corrected chi connectivity index (χ0v) is 15.6. The topological polar surface area (TPSA) is 68.3 Å². The largest absolute Gasteiger partial charge is 0.366 e. The number of nitrogens with zero attached hydrogens (tertiary/aromatic N) is 2. The zero-order chi connectivity index (χ0) is 18.7. The van der Waals surface area contributed by atoms with Crippen molar-refractivity contribution in [2.45, 2.75) is 46.1 Å². The summed E-state index contributed by atoms with van der Waals surface area (Å²) in [6, 6.07) is 9.97. The summed E-state index contributed by atoms with van der Waals surface area (Å²) in [5, 5.41) is 0. The summed E-state index contributed by atoms with van der Waals surface area (Å²) in [5.41, 5.74) is 10.4. The minimum absolute atomic E-state index is 0.257. The molecule has 3 rings (SSSR count). The number of likely N-dealkylation sites (tertiary alicyclic amines) is 1. The van der Waals surface area contributed by atoms with Crippen molar-refractivity contribution in [3.63, 3.8) is 0 Å². The van der Waals surface area contributed by atoms with Crippen LogP contribution in [0.25, 0.3) is 11.1 Å². The third kappa shape index (κ3) is 3.39. The fourth-order valence-corrected chi connectivity index (χ4v) is 4.05. The number of hydrogen-bond acceptors (Lipinski definition) is 2. The number of carbonyl (C=O) groups is 2. The minimum Gasteiger partial charge on any atom is -0.366 e. The van der Waals surface area contributed by atoms with E-state index < -0.39 is 0 Å². The molecular weight excluding hydrogens is 326 g/mol. The average molecular weight is 353 g/mol. The number of amides is 2. The Labute approximate surface area is 154 Å². The van der Waals surface area contributed by atoms with Crippen LogP contribution in [0.3, 0.4) is 0 Å². The predicted molar refractivity (Wildman–Crippen MR) is 103 cm³/mol. The van der Waals surface area contributed by atoms with Crippen LogP contribution >= 0.6 is 0 Å². The monoisotopic (exact) mass is 353 g/mol. The molecule has 2 amide bonds. The van der Waals surface area contributed by atoms with Gasteiger partial charge in [-0.3, -0.25) is 9.59 Å². The van der Waals surface area contributed by atoms with E-state index in [4.69, 9.17) is 5.73 Å². The van der Waals surface area contributed by atoms with Gasteiger partial charge < -0.3 is 15.2 Å². The van der Waals surface area contributed by atoms with Crippen molar-refractivity contribution in [1.82, 2.24) is 9.47 Å². The fraction of sp³-hybridized carbons (Fsp3) is 0.429. The highest BCUT2D eigenvalue weighted by molar-refractivity contribution is 6.02. The van der Waals surface area contributed by atoms with Gasteiger partial charge in [-0.1, -0.05) is 37.3 Å². The van der Waals surface area contributed by atoms with E-state index in [1.165, 1.54) is 0 Å². The van der Waals surface area contributed by atoms with E-state index >= 15 is 0 Å². The molecule has 2 N–H and O–H groups in total. The highest BCUT2D eigenvalue weighted by Gasteiger charge is 2.24. The molecule has 2 heterocycles. The molecule has 5 heteroatoms. The summed E-state index contributed by atoms with van der Waals surface area (Å²) >= 11 is 0. The number of nitrogens with two attached hydrogens (primary N) is 1. The summed E-state index contributed by atoms with van der Waals surface area (Å²) in [5.74, 6) is -0.128. The second-order valence-electron chi connectivity index (χ2n) is 6.86. The van der Waals surface area contributed by atoms with Crippen molar-refractivity contribution in [2.75, 3.05) is 13.1 Å². The average Bonchev–Trinajstić information content (AvgIpc) is 3.17. The van der Waals surface area contributed by atoms with E-state index in [1.807, 2.05) is 42.2 Å². The Morgan fingerprint density at radius 3 is 2.50 bits per heavy atom. The molecule has 1 aliphatic heterocycles. The van der Waals surface area contributed by atoms with Gasteiger partial charge in [0.1, 0.15) is 0 Å². The van der Waals surface area contributed by atoms with Crippen LogP contribution < -0.4 is 5.73 Å². The zero-order valence-electron chi connectivity index (χ0n) is 15.6. The van der Waals surface area contributed by atoms with Gasteiger partial charge in [0.15, 0.2) is 0 Å². The lowest BCUT2D eigenvalue weighted by atomic mass is 9.99. The Kier molecular flexibility index (Phi) is 5.45. The third-order valence-corrected chi connectivity index (χ3v) is 5.26. The molecular formula is C21H27N3O2. The van der Waals surface area contributed by atoms with E-state index in [1.54, 1.807) is 0 Å². The van der Waals surface area contributed by atoms with Crippen LogP contribution in [0.5, 0.6) is 0 Å². The first-order valence-electron chi connectivity index (χ1n) is 9.39. The first-order chi connectivity index (χ1) is 12.5. The summed E-state index contributed by atoms with van der Waals surface area (Å²) in [6.45, 7) is 6.49. The number of aromatic nitrogens is 1. The molecule has 0 saturated carbocycles. The summed E-state index contributed by atoms with van der Waals surface area (Å²) in [6.07, 6.45) is 3.33. The lowest BCUT2D eigenvalue weighted by Crippen LogP contribution is -2.26. The maximum absolute atomic E-state index is 12.2. The molecule has 2 aromatic rings. The summed E-state index contributed by atoms with van der Waals surface area (Å²) in [7, 11) is 0.